The lowest BCUT2D eigenvalue weighted by Gasteiger charge is -2.40. The van der Waals surface area contributed by atoms with E-state index in [1.165, 1.54) is 25.3 Å². The van der Waals surface area contributed by atoms with Gasteiger partial charge >= 0.3 is 0 Å². The summed E-state index contributed by atoms with van der Waals surface area (Å²) in [5.41, 5.74) is 7.33. The van der Waals surface area contributed by atoms with Crippen LogP contribution in [-0.2, 0) is 15.1 Å². The Labute approximate surface area is 219 Å². The molecule has 9 nitrogen and oxygen atoms in total. The number of hydrogen-bond acceptors (Lipinski definition) is 8. The van der Waals surface area contributed by atoms with Crippen molar-refractivity contribution < 1.29 is 18.3 Å². The van der Waals surface area contributed by atoms with E-state index in [1.54, 1.807) is 24.7 Å². The van der Waals surface area contributed by atoms with Gasteiger partial charge in [-0.1, -0.05) is 6.92 Å². The van der Waals surface area contributed by atoms with Gasteiger partial charge in [-0.05, 0) is 48.3 Å². The minimum absolute atomic E-state index is 0.106. The number of imidazole rings is 1. The van der Waals surface area contributed by atoms with Crippen molar-refractivity contribution in [3.63, 3.8) is 0 Å². The van der Waals surface area contributed by atoms with Gasteiger partial charge in [-0.2, -0.15) is 0 Å². The molecule has 2 aliphatic rings. The third-order valence-corrected chi connectivity index (χ3v) is 7.01. The number of aromatic nitrogens is 3. The summed E-state index contributed by atoms with van der Waals surface area (Å²) < 4.78 is 40.3. The molecule has 2 aromatic heterocycles. The summed E-state index contributed by atoms with van der Waals surface area (Å²) >= 11 is 0. The second-order valence-electron chi connectivity index (χ2n) is 9.96. The quantitative estimate of drug-likeness (QED) is 0.330. The van der Waals surface area contributed by atoms with E-state index in [-0.39, 0.29) is 25.0 Å². The van der Waals surface area contributed by atoms with E-state index in [1.807, 2.05) is 6.07 Å². The first-order valence-electron chi connectivity index (χ1n) is 12.4. The Kier molecular flexibility index (Phi) is 7.24. The number of ether oxygens (including phenoxy) is 2. The molecule has 2 atom stereocenters. The number of methoxy groups -OCH3 is 1. The second-order valence-corrected chi connectivity index (χ2v) is 9.96. The summed E-state index contributed by atoms with van der Waals surface area (Å²) in [6.07, 6.45) is 8.89. The maximum atomic E-state index is 14.8. The molecule has 0 bridgehead atoms. The second kappa shape index (κ2) is 10.6. The molecule has 3 aromatic rings. The molecule has 2 unspecified atom stereocenters. The van der Waals surface area contributed by atoms with Crippen LogP contribution in [0.15, 0.2) is 42.9 Å². The van der Waals surface area contributed by atoms with Gasteiger partial charge in [0.2, 0.25) is 5.95 Å². The summed E-state index contributed by atoms with van der Waals surface area (Å²) in [5, 5.41) is 11.5. The summed E-state index contributed by atoms with van der Waals surface area (Å²) in [4.78, 5) is 13.9. The highest BCUT2D eigenvalue weighted by atomic mass is 19.1. The SMILES string of the molecule is COC1(c2cc(F)c(C(=N)/C=C\c3cnc(Nc4cnccc4N4CC(C)CC(N)C4)[nH]3)c(F)c2)COC1. The number of anilines is 3. The number of allylic oxidation sites excluding steroid dienone is 1. The summed E-state index contributed by atoms with van der Waals surface area (Å²) in [7, 11) is 1.48. The molecule has 11 heteroatoms. The molecular formula is C27H31F2N7O2. The first-order valence-corrected chi connectivity index (χ1v) is 12.4. The highest BCUT2D eigenvalue weighted by molar-refractivity contribution is 6.09. The molecule has 0 radical (unpaired) electrons. The van der Waals surface area contributed by atoms with Crippen LogP contribution in [0.5, 0.6) is 0 Å². The minimum Gasteiger partial charge on any atom is -0.375 e. The zero-order valence-electron chi connectivity index (χ0n) is 21.3. The Hall–Kier alpha value is -3.67. The van der Waals surface area contributed by atoms with Gasteiger partial charge in [0.15, 0.2) is 0 Å². The topological polar surface area (TPSA) is 125 Å². The number of rotatable bonds is 8. The van der Waals surface area contributed by atoms with E-state index in [0.29, 0.717) is 23.1 Å². The lowest BCUT2D eigenvalue weighted by Crippen LogP contribution is -2.48. The van der Waals surface area contributed by atoms with E-state index < -0.39 is 22.8 Å². The maximum Gasteiger partial charge on any atom is 0.205 e. The van der Waals surface area contributed by atoms with E-state index in [0.717, 1.165) is 30.9 Å². The third-order valence-electron chi connectivity index (χ3n) is 7.01. The van der Waals surface area contributed by atoms with Gasteiger partial charge in [-0.3, -0.25) is 4.98 Å². The van der Waals surface area contributed by atoms with Crippen LogP contribution in [0.3, 0.4) is 0 Å². The molecule has 0 spiro atoms. The average molecular weight is 524 g/mol. The standard InChI is InChI=1S/C27H31F2N7O2/c1-16-7-18(30)13-36(12-16)24-5-6-32-11-23(24)35-26-33-10-19(34-26)3-4-22(31)25-20(28)8-17(9-21(25)29)27(37-2)14-38-15-27/h3-6,8-11,16,18,31H,7,12-15,30H2,1-2H3,(H2,33,34,35)/b4-3-,31-22?. The molecule has 4 heterocycles. The molecule has 0 saturated carbocycles. The molecule has 200 valence electrons. The van der Waals surface area contributed by atoms with Crippen LogP contribution >= 0.6 is 0 Å². The highest BCUT2D eigenvalue weighted by Crippen LogP contribution is 2.35. The number of H-pyrrole nitrogens is 1. The van der Waals surface area contributed by atoms with Gasteiger partial charge in [-0.25, -0.2) is 13.8 Å². The zero-order valence-corrected chi connectivity index (χ0v) is 21.3. The largest absolute Gasteiger partial charge is 0.375 e. The van der Waals surface area contributed by atoms with Crippen LogP contribution < -0.4 is 16.0 Å². The Morgan fingerprint density at radius 3 is 2.71 bits per heavy atom. The zero-order chi connectivity index (χ0) is 26.9. The van der Waals surface area contributed by atoms with Crippen LogP contribution in [0.4, 0.5) is 26.1 Å². The molecule has 0 aliphatic carbocycles. The lowest BCUT2D eigenvalue weighted by molar-refractivity contribution is -0.202. The van der Waals surface area contributed by atoms with Crippen molar-refractivity contribution >= 4 is 29.1 Å². The monoisotopic (exact) mass is 523 g/mol. The van der Waals surface area contributed by atoms with Crippen molar-refractivity contribution in [2.75, 3.05) is 43.6 Å². The molecule has 5 rings (SSSR count). The summed E-state index contributed by atoms with van der Waals surface area (Å²) in [5.74, 6) is -0.717. The van der Waals surface area contributed by atoms with E-state index in [9.17, 15) is 8.78 Å². The molecule has 2 aliphatic heterocycles. The van der Waals surface area contributed by atoms with Crippen LogP contribution in [0.2, 0.25) is 0 Å². The number of nitrogens with two attached hydrogens (primary N) is 1. The van der Waals surface area contributed by atoms with Crippen LogP contribution in [-0.4, -0.2) is 60.1 Å². The third kappa shape index (κ3) is 5.17. The number of nitrogens with one attached hydrogen (secondary N) is 3. The molecule has 2 fully saturated rings. The molecule has 1 aromatic carbocycles. The number of nitrogens with zero attached hydrogens (tertiary/aromatic N) is 3. The molecule has 2 saturated heterocycles. The smallest absolute Gasteiger partial charge is 0.205 e. The Balaban J connectivity index is 1.29. The van der Waals surface area contributed by atoms with Crippen LogP contribution in [0, 0.1) is 23.0 Å². The number of aromatic amines is 1. The number of pyridine rings is 1. The highest BCUT2D eigenvalue weighted by Gasteiger charge is 2.41. The first-order chi connectivity index (χ1) is 18.3. The number of benzene rings is 1. The van der Waals surface area contributed by atoms with Crippen molar-refractivity contribution in [1.29, 1.82) is 5.41 Å². The maximum absolute atomic E-state index is 14.8. The Morgan fingerprint density at radius 2 is 2.05 bits per heavy atom. The molecule has 0 amide bonds. The minimum atomic E-state index is -0.857. The van der Waals surface area contributed by atoms with E-state index >= 15 is 0 Å². The number of piperidine rings is 1. The van der Waals surface area contributed by atoms with Crippen molar-refractivity contribution in [1.82, 2.24) is 15.0 Å². The van der Waals surface area contributed by atoms with Crippen molar-refractivity contribution in [3.05, 3.63) is 71.3 Å². The normalized spacial score (nSPS) is 20.9. The number of hydrogen-bond donors (Lipinski definition) is 4. The Bertz CT molecular complexity index is 1320. The lowest BCUT2D eigenvalue weighted by atomic mass is 9.90. The van der Waals surface area contributed by atoms with Crippen molar-refractivity contribution in [2.24, 2.45) is 11.7 Å². The summed E-state index contributed by atoms with van der Waals surface area (Å²) in [6, 6.07) is 4.45. The molecule has 38 heavy (non-hydrogen) atoms. The number of halogens is 2. The molecule has 5 N–H and O–H groups in total. The van der Waals surface area contributed by atoms with E-state index in [4.69, 9.17) is 20.6 Å². The Morgan fingerprint density at radius 1 is 1.29 bits per heavy atom. The fourth-order valence-corrected chi connectivity index (χ4v) is 5.01. The average Bonchev–Trinajstić information content (AvgIpc) is 3.29. The first kappa shape index (κ1) is 26.0. The van der Waals surface area contributed by atoms with Gasteiger partial charge in [0.05, 0.1) is 54.0 Å². The van der Waals surface area contributed by atoms with Crippen molar-refractivity contribution in [2.45, 2.75) is 25.0 Å². The van der Waals surface area contributed by atoms with Gasteiger partial charge in [-0.15, -0.1) is 0 Å². The fraction of sp³-hybridized carbons (Fsp3) is 0.370. The van der Waals surface area contributed by atoms with Gasteiger partial charge < -0.3 is 35.8 Å². The van der Waals surface area contributed by atoms with Crippen LogP contribution in [0.1, 0.15) is 30.2 Å². The van der Waals surface area contributed by atoms with Crippen molar-refractivity contribution in [3.8, 4) is 0 Å². The van der Waals surface area contributed by atoms with Gasteiger partial charge in [0.25, 0.3) is 0 Å². The van der Waals surface area contributed by atoms with Crippen LogP contribution in [0.25, 0.3) is 6.08 Å². The predicted octanol–water partition coefficient (Wildman–Crippen LogP) is 3.95. The van der Waals surface area contributed by atoms with Gasteiger partial charge in [0.1, 0.15) is 17.2 Å². The summed E-state index contributed by atoms with van der Waals surface area (Å²) in [6.45, 7) is 4.29. The predicted molar refractivity (Wildman–Crippen MR) is 142 cm³/mol. The van der Waals surface area contributed by atoms with E-state index in [2.05, 4.69) is 32.1 Å². The molecular weight excluding hydrogens is 492 g/mol. The fourth-order valence-electron chi connectivity index (χ4n) is 5.01. The van der Waals surface area contributed by atoms with Gasteiger partial charge in [0, 0.05) is 32.4 Å².